The molecule has 0 aromatic heterocycles. The van der Waals surface area contributed by atoms with Gasteiger partial charge in [0.1, 0.15) is 11.6 Å². The molecule has 1 unspecified atom stereocenters. The van der Waals surface area contributed by atoms with Gasteiger partial charge < -0.3 is 5.11 Å². The van der Waals surface area contributed by atoms with Crippen molar-refractivity contribution in [1.29, 1.82) is 0 Å². The quantitative estimate of drug-likeness (QED) is 0.738. The number of aliphatic hydroxyl groups is 1. The number of hydrogen-bond donors (Lipinski definition) is 1. The van der Waals surface area contributed by atoms with Gasteiger partial charge in [0.2, 0.25) is 0 Å². The van der Waals surface area contributed by atoms with Gasteiger partial charge in [0.25, 0.3) is 0 Å². The van der Waals surface area contributed by atoms with E-state index in [0.717, 1.165) is 12.1 Å². The van der Waals surface area contributed by atoms with Crippen molar-refractivity contribution >= 4 is 11.6 Å². The van der Waals surface area contributed by atoms with E-state index in [1.807, 2.05) is 0 Å². The van der Waals surface area contributed by atoms with Gasteiger partial charge in [-0.2, -0.15) is 0 Å². The van der Waals surface area contributed by atoms with E-state index in [9.17, 15) is 8.78 Å². The molecule has 0 radical (unpaired) electrons. The molecule has 4 heteroatoms. The van der Waals surface area contributed by atoms with Crippen LogP contribution in [0.4, 0.5) is 8.78 Å². The van der Waals surface area contributed by atoms with Crippen LogP contribution in [0.25, 0.3) is 0 Å². The summed E-state index contributed by atoms with van der Waals surface area (Å²) < 4.78 is 26.0. The van der Waals surface area contributed by atoms with E-state index < -0.39 is 17.6 Å². The Morgan fingerprint density at radius 1 is 1.46 bits per heavy atom. The van der Waals surface area contributed by atoms with Crippen LogP contribution >= 0.6 is 11.6 Å². The first-order chi connectivity index (χ1) is 6.06. The Balaban J connectivity index is 3.20. The molecule has 1 nitrogen and oxygen atoms in total. The molecule has 1 atom stereocenters. The van der Waals surface area contributed by atoms with Crippen LogP contribution in [-0.2, 0) is 0 Å². The summed E-state index contributed by atoms with van der Waals surface area (Å²) in [5.41, 5.74) is 0.104. The van der Waals surface area contributed by atoms with E-state index in [1.54, 1.807) is 6.92 Å². The number of halogens is 3. The third kappa shape index (κ3) is 2.17. The Morgan fingerprint density at radius 3 is 2.62 bits per heavy atom. The summed E-state index contributed by atoms with van der Waals surface area (Å²) in [6, 6.07) is 1.95. The van der Waals surface area contributed by atoms with E-state index in [0.29, 0.717) is 0 Å². The van der Waals surface area contributed by atoms with Gasteiger partial charge in [-0.3, -0.25) is 0 Å². The van der Waals surface area contributed by atoms with E-state index in [2.05, 4.69) is 0 Å². The van der Waals surface area contributed by atoms with Gasteiger partial charge >= 0.3 is 0 Å². The zero-order valence-electron chi connectivity index (χ0n) is 7.02. The fourth-order valence-corrected chi connectivity index (χ4v) is 1.25. The van der Waals surface area contributed by atoms with Crippen molar-refractivity contribution in [1.82, 2.24) is 0 Å². The van der Waals surface area contributed by atoms with Crippen molar-refractivity contribution in [2.45, 2.75) is 12.8 Å². The Morgan fingerprint density at radius 2 is 2.08 bits per heavy atom. The first-order valence-corrected chi connectivity index (χ1v) is 4.19. The van der Waals surface area contributed by atoms with E-state index in [4.69, 9.17) is 16.7 Å². The molecule has 1 N–H and O–H groups in total. The maximum atomic E-state index is 13.2. The lowest BCUT2D eigenvalue weighted by molar-refractivity contribution is 0.270. The molecule has 0 heterocycles. The summed E-state index contributed by atoms with van der Waals surface area (Å²) >= 11 is 5.42. The second-order valence-corrected chi connectivity index (χ2v) is 3.28. The minimum atomic E-state index is -0.662. The van der Waals surface area contributed by atoms with Gasteiger partial charge in [-0.05, 0) is 17.7 Å². The Hall–Kier alpha value is -0.670. The first-order valence-electron chi connectivity index (χ1n) is 3.81. The SMILES string of the molecule is CC(CO)c1cc(F)cc(Cl)c1F. The van der Waals surface area contributed by atoms with Crippen LogP contribution in [0.2, 0.25) is 5.02 Å². The highest BCUT2D eigenvalue weighted by molar-refractivity contribution is 6.30. The molecule has 0 fully saturated rings. The summed E-state index contributed by atoms with van der Waals surface area (Å²) in [6.45, 7) is 1.35. The van der Waals surface area contributed by atoms with E-state index >= 15 is 0 Å². The van der Waals surface area contributed by atoms with Crippen LogP contribution < -0.4 is 0 Å². The highest BCUT2D eigenvalue weighted by Gasteiger charge is 2.14. The molecule has 1 rings (SSSR count). The first kappa shape index (κ1) is 10.4. The fraction of sp³-hybridized carbons (Fsp3) is 0.333. The fourth-order valence-electron chi connectivity index (χ4n) is 1.03. The van der Waals surface area contributed by atoms with Gasteiger partial charge in [0.05, 0.1) is 5.02 Å². The predicted molar refractivity (Wildman–Crippen MR) is 46.9 cm³/mol. The van der Waals surface area contributed by atoms with Gasteiger partial charge in [0, 0.05) is 12.5 Å². The van der Waals surface area contributed by atoms with Crippen LogP contribution in [0.5, 0.6) is 0 Å². The van der Waals surface area contributed by atoms with Gasteiger partial charge in [0.15, 0.2) is 0 Å². The second-order valence-electron chi connectivity index (χ2n) is 2.87. The number of rotatable bonds is 2. The molecule has 0 saturated heterocycles. The number of benzene rings is 1. The predicted octanol–water partition coefficient (Wildman–Crippen LogP) is 2.71. The van der Waals surface area contributed by atoms with Crippen molar-refractivity contribution in [2.24, 2.45) is 0 Å². The summed E-state index contributed by atoms with van der Waals surface area (Å²) in [5, 5.41) is 8.51. The topological polar surface area (TPSA) is 20.2 Å². The average molecular weight is 207 g/mol. The molecule has 0 aliphatic carbocycles. The Labute approximate surface area is 80.0 Å². The maximum Gasteiger partial charge on any atom is 0.145 e. The summed E-state index contributed by atoms with van der Waals surface area (Å²) in [6.07, 6.45) is 0. The molecule has 0 spiro atoms. The minimum Gasteiger partial charge on any atom is -0.396 e. The third-order valence-corrected chi connectivity index (χ3v) is 2.10. The highest BCUT2D eigenvalue weighted by Crippen LogP contribution is 2.25. The lowest BCUT2D eigenvalue weighted by Crippen LogP contribution is -2.03. The van der Waals surface area contributed by atoms with Crippen molar-refractivity contribution < 1.29 is 13.9 Å². The lowest BCUT2D eigenvalue weighted by Gasteiger charge is -2.10. The van der Waals surface area contributed by atoms with Crippen molar-refractivity contribution in [2.75, 3.05) is 6.61 Å². The summed E-state index contributed by atoms with van der Waals surface area (Å²) in [4.78, 5) is 0. The smallest absolute Gasteiger partial charge is 0.145 e. The largest absolute Gasteiger partial charge is 0.396 e. The monoisotopic (exact) mass is 206 g/mol. The molecular weight excluding hydrogens is 198 g/mol. The molecule has 13 heavy (non-hydrogen) atoms. The average Bonchev–Trinajstić information content (AvgIpc) is 2.10. The molecular formula is C9H9ClF2O. The molecule has 0 aliphatic rings. The van der Waals surface area contributed by atoms with Crippen LogP contribution in [0.3, 0.4) is 0 Å². The van der Waals surface area contributed by atoms with Gasteiger partial charge in [-0.1, -0.05) is 18.5 Å². The zero-order chi connectivity index (χ0) is 10.0. The summed E-state index contributed by atoms with van der Waals surface area (Å²) in [7, 11) is 0. The number of hydrogen-bond acceptors (Lipinski definition) is 1. The molecule has 0 aliphatic heterocycles. The number of aliphatic hydroxyl groups excluding tert-OH is 1. The molecule has 1 aromatic carbocycles. The Kier molecular flexibility index (Phi) is 3.22. The molecule has 0 bridgehead atoms. The van der Waals surface area contributed by atoms with Crippen molar-refractivity contribution in [3.05, 3.63) is 34.4 Å². The summed E-state index contributed by atoms with van der Waals surface area (Å²) in [5.74, 6) is -1.71. The molecule has 0 amide bonds. The van der Waals surface area contributed by atoms with E-state index in [-0.39, 0.29) is 17.2 Å². The zero-order valence-corrected chi connectivity index (χ0v) is 7.78. The molecule has 72 valence electrons. The van der Waals surface area contributed by atoms with Crippen LogP contribution in [0, 0.1) is 11.6 Å². The van der Waals surface area contributed by atoms with Crippen LogP contribution in [-0.4, -0.2) is 11.7 Å². The Bertz CT molecular complexity index is 315. The van der Waals surface area contributed by atoms with Crippen LogP contribution in [0.15, 0.2) is 12.1 Å². The standard InChI is InChI=1S/C9H9ClF2O/c1-5(4-13)7-2-6(11)3-8(10)9(7)12/h2-3,5,13H,4H2,1H3. The maximum absolute atomic E-state index is 13.2. The molecule has 1 aromatic rings. The molecule has 0 saturated carbocycles. The van der Waals surface area contributed by atoms with Crippen molar-refractivity contribution in [3.63, 3.8) is 0 Å². The highest BCUT2D eigenvalue weighted by atomic mass is 35.5. The van der Waals surface area contributed by atoms with Gasteiger partial charge in [-0.25, -0.2) is 8.78 Å². The normalized spacial score (nSPS) is 13.0. The second kappa shape index (κ2) is 4.03. The lowest BCUT2D eigenvalue weighted by atomic mass is 10.0. The van der Waals surface area contributed by atoms with Gasteiger partial charge in [-0.15, -0.1) is 0 Å². The third-order valence-electron chi connectivity index (χ3n) is 1.83. The van der Waals surface area contributed by atoms with E-state index in [1.165, 1.54) is 0 Å². The van der Waals surface area contributed by atoms with Crippen molar-refractivity contribution in [3.8, 4) is 0 Å². The minimum absolute atomic E-state index is 0.104. The van der Waals surface area contributed by atoms with Crippen LogP contribution in [0.1, 0.15) is 18.4 Å².